The second-order valence-corrected chi connectivity index (χ2v) is 5.47. The van der Waals surface area contributed by atoms with Crippen LogP contribution in [-0.2, 0) is 22.6 Å². The lowest BCUT2D eigenvalue weighted by Crippen LogP contribution is -2.12. The van der Waals surface area contributed by atoms with Gasteiger partial charge in [-0.15, -0.1) is 0 Å². The Labute approximate surface area is 143 Å². The number of para-hydroxylation sites is 1. The van der Waals surface area contributed by atoms with Gasteiger partial charge in [-0.1, -0.05) is 48.5 Å². The zero-order valence-electron chi connectivity index (χ0n) is 13.3. The SMILES string of the molecule is [N-]=[N+]=CC(=O)Cc1cn(C(=O)OCc2ccccc2)c2ccccc12. The molecule has 0 aliphatic rings. The van der Waals surface area contributed by atoms with Crippen molar-refractivity contribution in [2.75, 3.05) is 0 Å². The summed E-state index contributed by atoms with van der Waals surface area (Å²) < 4.78 is 6.75. The van der Waals surface area contributed by atoms with Crippen molar-refractivity contribution in [1.29, 1.82) is 0 Å². The first kappa shape index (κ1) is 16.4. The lowest BCUT2D eigenvalue weighted by molar-refractivity contribution is -0.115. The zero-order valence-corrected chi connectivity index (χ0v) is 13.3. The maximum atomic E-state index is 12.4. The lowest BCUT2D eigenvalue weighted by Gasteiger charge is -2.06. The number of benzene rings is 2. The maximum absolute atomic E-state index is 12.4. The molecule has 0 spiro atoms. The van der Waals surface area contributed by atoms with Gasteiger partial charge in [-0.25, -0.2) is 4.79 Å². The molecule has 0 radical (unpaired) electrons. The van der Waals surface area contributed by atoms with Crippen LogP contribution in [0.5, 0.6) is 0 Å². The van der Waals surface area contributed by atoms with Gasteiger partial charge >= 0.3 is 12.3 Å². The van der Waals surface area contributed by atoms with Crippen molar-refractivity contribution >= 4 is 29.0 Å². The van der Waals surface area contributed by atoms with E-state index in [9.17, 15) is 9.59 Å². The number of hydrogen-bond acceptors (Lipinski definition) is 3. The van der Waals surface area contributed by atoms with Crippen LogP contribution in [0.15, 0.2) is 60.8 Å². The van der Waals surface area contributed by atoms with Crippen molar-refractivity contribution in [3.05, 3.63) is 77.5 Å². The molecule has 25 heavy (non-hydrogen) atoms. The van der Waals surface area contributed by atoms with Crippen LogP contribution in [0.1, 0.15) is 11.1 Å². The average molecular weight is 333 g/mol. The smallest absolute Gasteiger partial charge is 0.418 e. The molecule has 0 N–H and O–H groups in total. The van der Waals surface area contributed by atoms with Gasteiger partial charge in [0.15, 0.2) is 0 Å². The van der Waals surface area contributed by atoms with Gasteiger partial charge in [-0.3, -0.25) is 9.36 Å². The minimum absolute atomic E-state index is 0.0313. The number of aromatic nitrogens is 1. The summed E-state index contributed by atoms with van der Waals surface area (Å²) in [6, 6.07) is 16.6. The third kappa shape index (κ3) is 3.71. The van der Waals surface area contributed by atoms with Crippen LogP contribution < -0.4 is 0 Å². The fourth-order valence-electron chi connectivity index (χ4n) is 2.63. The minimum atomic E-state index is -0.519. The summed E-state index contributed by atoms with van der Waals surface area (Å²) in [6.07, 6.45) is 1.94. The number of carbonyl (C=O) groups is 2. The Hall–Kier alpha value is -3.50. The van der Waals surface area contributed by atoms with Crippen LogP contribution >= 0.6 is 0 Å². The summed E-state index contributed by atoms with van der Waals surface area (Å²) >= 11 is 0. The zero-order chi connectivity index (χ0) is 17.6. The second-order valence-electron chi connectivity index (χ2n) is 5.47. The Morgan fingerprint density at radius 2 is 1.80 bits per heavy atom. The molecule has 0 aliphatic heterocycles. The third-order valence-corrected chi connectivity index (χ3v) is 3.76. The number of hydrogen-bond donors (Lipinski definition) is 0. The molecule has 1 aromatic heterocycles. The minimum Gasteiger partial charge on any atom is -0.444 e. The Bertz CT molecular complexity index is 970. The number of carbonyl (C=O) groups excluding carboxylic acids is 2. The number of fused-ring (bicyclic) bond motifs is 1. The molecule has 3 aromatic rings. The summed E-state index contributed by atoms with van der Waals surface area (Å²) in [7, 11) is 0. The number of ketones is 1. The molecule has 3 rings (SSSR count). The van der Waals surface area contributed by atoms with Gasteiger partial charge in [0.2, 0.25) is 5.78 Å². The summed E-state index contributed by atoms with van der Waals surface area (Å²) in [5.74, 6) is -0.358. The van der Waals surface area contributed by atoms with Gasteiger partial charge in [0.1, 0.15) is 6.61 Å². The first-order valence-electron chi connectivity index (χ1n) is 7.69. The highest BCUT2D eigenvalue weighted by molar-refractivity contribution is 6.26. The quantitative estimate of drug-likeness (QED) is 0.408. The summed E-state index contributed by atoms with van der Waals surface area (Å²) in [5, 5.41) is 0.777. The van der Waals surface area contributed by atoms with E-state index in [1.54, 1.807) is 12.3 Å². The molecule has 0 bridgehead atoms. The molecule has 0 saturated heterocycles. The van der Waals surface area contributed by atoms with Crippen molar-refractivity contribution in [3.63, 3.8) is 0 Å². The molecule has 2 aromatic carbocycles. The van der Waals surface area contributed by atoms with Crippen molar-refractivity contribution in [2.24, 2.45) is 0 Å². The van der Waals surface area contributed by atoms with Crippen LogP contribution in [0, 0.1) is 0 Å². The topological polar surface area (TPSA) is 84.7 Å². The molecule has 6 nitrogen and oxygen atoms in total. The standard InChI is InChI=1S/C19H15N3O3/c20-21-11-16(23)10-15-12-22(18-9-5-4-8-17(15)18)19(24)25-13-14-6-2-1-3-7-14/h1-9,11-12H,10,13H2. The largest absolute Gasteiger partial charge is 0.444 e. The molecule has 0 saturated carbocycles. The van der Waals surface area contributed by atoms with Crippen LogP contribution in [0.3, 0.4) is 0 Å². The number of nitrogens with zero attached hydrogens (tertiary/aromatic N) is 3. The van der Waals surface area contributed by atoms with Crippen LogP contribution in [0.25, 0.3) is 16.4 Å². The number of Topliss-reactive ketones (excluding diaryl/α,β-unsaturated/α-hetero) is 1. The van der Waals surface area contributed by atoms with Crippen LogP contribution in [0.2, 0.25) is 0 Å². The molecule has 0 atom stereocenters. The summed E-state index contributed by atoms with van der Waals surface area (Å²) in [5.41, 5.74) is 10.7. The van der Waals surface area contributed by atoms with E-state index >= 15 is 0 Å². The Morgan fingerprint density at radius 3 is 2.56 bits per heavy atom. The second kappa shape index (κ2) is 7.38. The molecule has 0 amide bonds. The van der Waals surface area contributed by atoms with E-state index in [0.29, 0.717) is 11.1 Å². The van der Waals surface area contributed by atoms with Gasteiger partial charge < -0.3 is 10.3 Å². The van der Waals surface area contributed by atoms with Crippen LogP contribution in [-0.4, -0.2) is 27.4 Å². The molecule has 0 fully saturated rings. The highest BCUT2D eigenvalue weighted by Gasteiger charge is 2.17. The van der Waals surface area contributed by atoms with Crippen LogP contribution in [0.4, 0.5) is 4.79 Å². The number of rotatable bonds is 5. The third-order valence-electron chi connectivity index (χ3n) is 3.76. The fraction of sp³-hybridized carbons (Fsp3) is 0.105. The maximum Gasteiger partial charge on any atom is 0.418 e. The van der Waals surface area contributed by atoms with E-state index < -0.39 is 6.09 Å². The first-order valence-corrected chi connectivity index (χ1v) is 7.69. The lowest BCUT2D eigenvalue weighted by atomic mass is 10.1. The van der Waals surface area contributed by atoms with Crippen molar-refractivity contribution in [3.8, 4) is 0 Å². The van der Waals surface area contributed by atoms with Gasteiger partial charge in [0.25, 0.3) is 0 Å². The van der Waals surface area contributed by atoms with Gasteiger partial charge in [0, 0.05) is 18.0 Å². The molecule has 124 valence electrons. The highest BCUT2D eigenvalue weighted by atomic mass is 16.5. The molecule has 6 heteroatoms. The molecule has 0 unspecified atom stereocenters. The monoisotopic (exact) mass is 333 g/mol. The Morgan fingerprint density at radius 1 is 1.08 bits per heavy atom. The number of ether oxygens (including phenoxy) is 1. The molecular weight excluding hydrogens is 318 g/mol. The average Bonchev–Trinajstić information content (AvgIpc) is 2.99. The normalized spacial score (nSPS) is 10.2. The fourth-order valence-corrected chi connectivity index (χ4v) is 2.63. The van der Waals surface area contributed by atoms with E-state index in [2.05, 4.69) is 4.79 Å². The predicted octanol–water partition coefficient (Wildman–Crippen LogP) is 3.24. The van der Waals surface area contributed by atoms with E-state index in [1.165, 1.54) is 4.57 Å². The Balaban J connectivity index is 1.86. The summed E-state index contributed by atoms with van der Waals surface area (Å²) in [4.78, 5) is 26.9. The Kier molecular flexibility index (Phi) is 4.83. The van der Waals surface area contributed by atoms with Gasteiger partial charge in [-0.2, -0.15) is 4.79 Å². The van der Waals surface area contributed by atoms with E-state index in [-0.39, 0.29) is 18.8 Å². The van der Waals surface area contributed by atoms with Gasteiger partial charge in [-0.05, 0) is 17.2 Å². The van der Waals surface area contributed by atoms with E-state index in [1.807, 2.05) is 48.5 Å². The summed E-state index contributed by atoms with van der Waals surface area (Å²) in [6.45, 7) is 0.164. The molecular formula is C19H15N3O3. The predicted molar refractivity (Wildman–Crippen MR) is 92.4 cm³/mol. The van der Waals surface area contributed by atoms with Crippen molar-refractivity contribution in [1.82, 2.24) is 4.57 Å². The highest BCUT2D eigenvalue weighted by Crippen LogP contribution is 2.22. The molecule has 0 aliphatic carbocycles. The van der Waals surface area contributed by atoms with Crippen molar-refractivity contribution < 1.29 is 19.1 Å². The first-order chi connectivity index (χ1) is 12.2. The van der Waals surface area contributed by atoms with Crippen molar-refractivity contribution in [2.45, 2.75) is 13.0 Å². The van der Waals surface area contributed by atoms with E-state index in [4.69, 9.17) is 10.3 Å². The van der Waals surface area contributed by atoms with E-state index in [0.717, 1.165) is 17.2 Å². The molecule has 1 heterocycles. The van der Waals surface area contributed by atoms with Gasteiger partial charge in [0.05, 0.1) is 5.52 Å².